The maximum atomic E-state index is 4.28. The highest BCUT2D eigenvalue weighted by atomic mass is 32.2. The van der Waals surface area contributed by atoms with Crippen molar-refractivity contribution in [2.75, 3.05) is 0 Å². The molecule has 0 N–H and O–H groups in total. The van der Waals surface area contributed by atoms with Crippen molar-refractivity contribution >= 4 is 40.9 Å². The van der Waals surface area contributed by atoms with Crippen LogP contribution in [0.1, 0.15) is 16.7 Å². The smallest absolute Gasteiger partial charge is 0.131 e. The van der Waals surface area contributed by atoms with Crippen molar-refractivity contribution in [3.05, 3.63) is 77.9 Å². The van der Waals surface area contributed by atoms with E-state index in [1.165, 1.54) is 11.1 Å². The summed E-state index contributed by atoms with van der Waals surface area (Å²) >= 11 is 5.14. The molecule has 2 aromatic carbocycles. The lowest BCUT2D eigenvalue weighted by Gasteiger charge is -2.00. The molecule has 0 saturated heterocycles. The van der Waals surface area contributed by atoms with Crippen molar-refractivity contribution in [1.29, 1.82) is 0 Å². The molecule has 0 fully saturated rings. The first-order valence-corrected chi connectivity index (χ1v) is 9.96. The van der Waals surface area contributed by atoms with Gasteiger partial charge in [-0.1, -0.05) is 102 Å². The second kappa shape index (κ2) is 8.34. The van der Waals surface area contributed by atoms with Crippen LogP contribution in [0.15, 0.2) is 69.9 Å². The third kappa shape index (κ3) is 4.96. The van der Waals surface area contributed by atoms with Gasteiger partial charge < -0.3 is 0 Å². The first-order valence-electron chi connectivity index (χ1n) is 7.18. The van der Waals surface area contributed by atoms with Gasteiger partial charge in [0.05, 0.1) is 0 Å². The molecule has 1 heterocycles. The maximum absolute atomic E-state index is 4.28. The zero-order chi connectivity index (χ0) is 15.9. The Morgan fingerprint density at radius 2 is 1.52 bits per heavy atom. The van der Waals surface area contributed by atoms with E-state index in [2.05, 4.69) is 65.3 Å². The Hall–Kier alpha value is -1.56. The molecule has 0 unspecified atom stereocenters. The Balaban J connectivity index is 1.53. The van der Waals surface area contributed by atoms with Gasteiger partial charge >= 0.3 is 0 Å². The molecule has 0 aliphatic carbocycles. The zero-order valence-corrected chi connectivity index (χ0v) is 15.0. The molecule has 2 nitrogen and oxygen atoms in total. The van der Waals surface area contributed by atoms with Crippen molar-refractivity contribution in [2.24, 2.45) is 0 Å². The molecule has 0 radical (unpaired) electrons. The minimum Gasteiger partial charge on any atom is -0.131 e. The largest absolute Gasteiger partial charge is 0.175 e. The first kappa shape index (κ1) is 16.3. The fraction of sp³-hybridized carbons (Fsp3) is 0.111. The Morgan fingerprint density at radius 3 is 2.22 bits per heavy atom. The highest BCUT2D eigenvalue weighted by molar-refractivity contribution is 8.02. The van der Waals surface area contributed by atoms with E-state index in [0.29, 0.717) is 0 Å². The second-order valence-corrected chi connectivity index (χ2v) is 8.27. The van der Waals surface area contributed by atoms with Crippen molar-refractivity contribution < 1.29 is 0 Å². The Kier molecular flexibility index (Phi) is 5.91. The average Bonchev–Trinajstić information content (AvgIpc) is 3.07. The minimum absolute atomic E-state index is 0.902. The van der Waals surface area contributed by atoms with Gasteiger partial charge in [0.1, 0.15) is 0 Å². The molecule has 0 aliphatic rings. The van der Waals surface area contributed by atoms with E-state index in [1.807, 2.05) is 12.1 Å². The predicted octanol–water partition coefficient (Wildman–Crippen LogP) is 5.77. The van der Waals surface area contributed by atoms with E-state index < -0.39 is 0 Å². The Bertz CT molecular complexity index is 769. The zero-order valence-electron chi connectivity index (χ0n) is 12.5. The quantitative estimate of drug-likeness (QED) is 0.502. The monoisotopic (exact) mass is 356 g/mol. The third-order valence-corrected chi connectivity index (χ3v) is 6.47. The topological polar surface area (TPSA) is 25.8 Å². The van der Waals surface area contributed by atoms with Gasteiger partial charge in [0, 0.05) is 11.5 Å². The maximum Gasteiger partial charge on any atom is 0.175 e. The van der Waals surface area contributed by atoms with Crippen LogP contribution in [0.2, 0.25) is 0 Å². The number of aromatic nitrogens is 2. The lowest BCUT2D eigenvalue weighted by atomic mass is 10.1. The van der Waals surface area contributed by atoms with E-state index >= 15 is 0 Å². The summed E-state index contributed by atoms with van der Waals surface area (Å²) in [6, 6.07) is 18.8. The van der Waals surface area contributed by atoms with E-state index in [1.54, 1.807) is 34.9 Å². The van der Waals surface area contributed by atoms with E-state index in [-0.39, 0.29) is 0 Å². The molecule has 5 heteroatoms. The van der Waals surface area contributed by atoms with Gasteiger partial charge in [-0.3, -0.25) is 0 Å². The summed E-state index contributed by atoms with van der Waals surface area (Å²) in [5, 5.41) is 8.55. The van der Waals surface area contributed by atoms with Crippen LogP contribution in [0.25, 0.3) is 6.08 Å². The SMILES string of the molecule is C=Cc1cccc(CSc2nnc(SCc3ccccc3)s2)c1. The van der Waals surface area contributed by atoms with E-state index in [4.69, 9.17) is 0 Å². The summed E-state index contributed by atoms with van der Waals surface area (Å²) in [7, 11) is 0. The highest BCUT2D eigenvalue weighted by Gasteiger charge is 2.06. The number of hydrogen-bond donors (Lipinski definition) is 0. The minimum atomic E-state index is 0.902. The molecular weight excluding hydrogens is 340 g/mol. The van der Waals surface area contributed by atoms with Gasteiger partial charge in [0.2, 0.25) is 0 Å². The Morgan fingerprint density at radius 1 is 0.870 bits per heavy atom. The van der Waals surface area contributed by atoms with E-state index in [9.17, 15) is 0 Å². The summed E-state index contributed by atoms with van der Waals surface area (Å²) in [5.74, 6) is 1.83. The molecule has 0 spiro atoms. The van der Waals surface area contributed by atoms with Gasteiger partial charge in [-0.2, -0.15) is 0 Å². The number of benzene rings is 2. The number of thioether (sulfide) groups is 2. The summed E-state index contributed by atoms with van der Waals surface area (Å²) in [6.45, 7) is 3.81. The molecule has 0 saturated carbocycles. The summed E-state index contributed by atoms with van der Waals surface area (Å²) in [4.78, 5) is 0. The third-order valence-electron chi connectivity index (χ3n) is 3.14. The molecule has 1 aromatic heterocycles. The first-order chi connectivity index (χ1) is 11.3. The molecule has 23 heavy (non-hydrogen) atoms. The van der Waals surface area contributed by atoms with Crippen LogP contribution < -0.4 is 0 Å². The summed E-state index contributed by atoms with van der Waals surface area (Å²) in [6.07, 6.45) is 1.87. The van der Waals surface area contributed by atoms with Gasteiger partial charge in [-0.25, -0.2) is 0 Å². The molecule has 0 amide bonds. The molecule has 0 atom stereocenters. The van der Waals surface area contributed by atoms with Crippen LogP contribution in [-0.2, 0) is 11.5 Å². The molecule has 0 aliphatic heterocycles. The van der Waals surface area contributed by atoms with Gasteiger partial charge in [0.25, 0.3) is 0 Å². The van der Waals surface area contributed by atoms with Crippen LogP contribution >= 0.6 is 34.9 Å². The molecule has 3 rings (SSSR count). The highest BCUT2D eigenvalue weighted by Crippen LogP contribution is 2.32. The normalized spacial score (nSPS) is 10.6. The van der Waals surface area contributed by atoms with Crippen molar-refractivity contribution in [1.82, 2.24) is 10.2 Å². The van der Waals surface area contributed by atoms with Crippen LogP contribution in [-0.4, -0.2) is 10.2 Å². The van der Waals surface area contributed by atoms with Crippen LogP contribution in [0.3, 0.4) is 0 Å². The van der Waals surface area contributed by atoms with Crippen LogP contribution in [0, 0.1) is 0 Å². The fourth-order valence-electron chi connectivity index (χ4n) is 1.99. The standard InChI is InChI=1S/C18H16N2S3/c1-2-14-9-6-10-16(11-14)13-22-18-20-19-17(23-18)21-12-15-7-4-3-5-8-15/h2-11H,1,12-13H2. The second-order valence-electron chi connectivity index (χ2n) is 4.85. The Labute approximate surface area is 149 Å². The number of nitrogens with zero attached hydrogens (tertiary/aromatic N) is 2. The molecular formula is C18H16N2S3. The lowest BCUT2D eigenvalue weighted by Crippen LogP contribution is -1.81. The lowest BCUT2D eigenvalue weighted by molar-refractivity contribution is 0.954. The fourth-order valence-corrected chi connectivity index (χ4v) is 4.91. The van der Waals surface area contributed by atoms with Crippen molar-refractivity contribution in [3.8, 4) is 0 Å². The number of rotatable bonds is 7. The molecule has 116 valence electrons. The summed E-state index contributed by atoms with van der Waals surface area (Å²) in [5.41, 5.74) is 3.74. The predicted molar refractivity (Wildman–Crippen MR) is 102 cm³/mol. The van der Waals surface area contributed by atoms with Crippen LogP contribution in [0.5, 0.6) is 0 Å². The molecule has 3 aromatic rings. The number of hydrogen-bond acceptors (Lipinski definition) is 5. The summed E-state index contributed by atoms with van der Waals surface area (Å²) < 4.78 is 2.04. The molecule has 0 bridgehead atoms. The van der Waals surface area contributed by atoms with Gasteiger partial charge in [-0.15, -0.1) is 10.2 Å². The van der Waals surface area contributed by atoms with E-state index in [0.717, 1.165) is 25.7 Å². The van der Waals surface area contributed by atoms with Gasteiger partial charge in [0.15, 0.2) is 8.68 Å². The van der Waals surface area contributed by atoms with Crippen molar-refractivity contribution in [2.45, 2.75) is 20.2 Å². The van der Waals surface area contributed by atoms with Crippen LogP contribution in [0.4, 0.5) is 0 Å². The average molecular weight is 357 g/mol. The van der Waals surface area contributed by atoms with Crippen molar-refractivity contribution in [3.63, 3.8) is 0 Å². The van der Waals surface area contributed by atoms with Gasteiger partial charge in [-0.05, 0) is 16.7 Å².